The van der Waals surface area contributed by atoms with Gasteiger partial charge < -0.3 is 10.6 Å². The van der Waals surface area contributed by atoms with Crippen molar-refractivity contribution < 1.29 is 9.18 Å². The molecule has 6 nitrogen and oxygen atoms in total. The molecule has 2 amide bonds. The second-order valence-electron chi connectivity index (χ2n) is 4.88. The maximum Gasteiger partial charge on any atom is 0.319 e. The fraction of sp³-hybridized carbons (Fsp3) is 0.0625. The zero-order valence-corrected chi connectivity index (χ0v) is 13.2. The van der Waals surface area contributed by atoms with E-state index >= 15 is 0 Å². The Morgan fingerprint density at radius 3 is 2.75 bits per heavy atom. The molecule has 1 aromatic heterocycles. The predicted octanol–water partition coefficient (Wildman–Crippen LogP) is 3.38. The molecular weight excluding hydrogens is 333 g/mol. The van der Waals surface area contributed by atoms with Crippen LogP contribution in [-0.4, -0.2) is 20.8 Å². The second kappa shape index (κ2) is 7.10. The van der Waals surface area contributed by atoms with Crippen molar-refractivity contribution in [2.24, 2.45) is 0 Å². The second-order valence-corrected chi connectivity index (χ2v) is 5.32. The summed E-state index contributed by atoms with van der Waals surface area (Å²) in [5.74, 6) is -0.0574. The minimum atomic E-state index is -0.606. The Morgan fingerprint density at radius 1 is 1.21 bits per heavy atom. The van der Waals surface area contributed by atoms with Crippen LogP contribution >= 0.6 is 11.6 Å². The smallest absolute Gasteiger partial charge is 0.319 e. The quantitative estimate of drug-likeness (QED) is 0.761. The minimum absolute atomic E-state index is 0.0430. The van der Waals surface area contributed by atoms with Gasteiger partial charge in [-0.3, -0.25) is 4.57 Å². The first-order valence-corrected chi connectivity index (χ1v) is 7.45. The lowest BCUT2D eigenvalue weighted by atomic mass is 10.3. The van der Waals surface area contributed by atoms with Crippen LogP contribution in [0.2, 0.25) is 5.02 Å². The minimum Gasteiger partial charge on any atom is -0.331 e. The van der Waals surface area contributed by atoms with Crippen molar-refractivity contribution in [2.75, 3.05) is 5.32 Å². The number of para-hydroxylation sites is 1. The number of benzene rings is 2. The highest BCUT2D eigenvalue weighted by Gasteiger charge is 2.10. The van der Waals surface area contributed by atoms with Crippen LogP contribution in [0.4, 0.5) is 14.9 Å². The van der Waals surface area contributed by atoms with Crippen LogP contribution in [0, 0.1) is 5.82 Å². The van der Waals surface area contributed by atoms with E-state index in [-0.39, 0.29) is 17.3 Å². The average molecular weight is 346 g/mol. The number of halogens is 2. The van der Waals surface area contributed by atoms with Crippen LogP contribution in [0.1, 0.15) is 5.82 Å². The highest BCUT2D eigenvalue weighted by molar-refractivity contribution is 6.30. The molecule has 0 aliphatic carbocycles. The summed E-state index contributed by atoms with van der Waals surface area (Å²) in [5, 5.41) is 13.1. The van der Waals surface area contributed by atoms with Gasteiger partial charge in [-0.05, 0) is 30.3 Å². The molecule has 3 aromatic rings. The molecule has 0 aliphatic rings. The van der Waals surface area contributed by atoms with E-state index in [2.05, 4.69) is 20.8 Å². The number of rotatable bonds is 4. The molecule has 1 heterocycles. The van der Waals surface area contributed by atoms with Gasteiger partial charge >= 0.3 is 6.03 Å². The van der Waals surface area contributed by atoms with Gasteiger partial charge in [-0.2, -0.15) is 0 Å². The summed E-state index contributed by atoms with van der Waals surface area (Å²) in [6.07, 6.45) is 1.56. The van der Waals surface area contributed by atoms with Crippen molar-refractivity contribution in [2.45, 2.75) is 6.54 Å². The summed E-state index contributed by atoms with van der Waals surface area (Å²) in [6.45, 7) is 0.135. The molecule has 0 saturated heterocycles. The molecule has 0 saturated carbocycles. The number of urea groups is 1. The molecule has 0 radical (unpaired) electrons. The van der Waals surface area contributed by atoms with Gasteiger partial charge in [0.1, 0.15) is 12.1 Å². The topological polar surface area (TPSA) is 71.8 Å². The molecule has 0 aliphatic heterocycles. The first kappa shape index (κ1) is 15.9. The number of nitrogens with zero attached hydrogens (tertiary/aromatic N) is 3. The summed E-state index contributed by atoms with van der Waals surface area (Å²) in [5.41, 5.74) is 0.921. The van der Waals surface area contributed by atoms with E-state index < -0.39 is 11.8 Å². The van der Waals surface area contributed by atoms with Crippen LogP contribution in [0.3, 0.4) is 0 Å². The van der Waals surface area contributed by atoms with Gasteiger partial charge in [-0.15, -0.1) is 10.2 Å². The lowest BCUT2D eigenvalue weighted by molar-refractivity contribution is 0.251. The third-order valence-electron chi connectivity index (χ3n) is 3.24. The highest BCUT2D eigenvalue weighted by atomic mass is 35.5. The van der Waals surface area contributed by atoms with Crippen LogP contribution in [-0.2, 0) is 6.54 Å². The monoisotopic (exact) mass is 345 g/mol. The number of nitrogens with one attached hydrogen (secondary N) is 2. The van der Waals surface area contributed by atoms with Crippen molar-refractivity contribution in [1.29, 1.82) is 0 Å². The maximum atomic E-state index is 13.7. The zero-order valence-electron chi connectivity index (χ0n) is 12.4. The summed E-state index contributed by atoms with van der Waals surface area (Å²) >= 11 is 5.67. The Bertz CT molecular complexity index is 853. The fourth-order valence-electron chi connectivity index (χ4n) is 2.10. The number of carbonyl (C=O) groups is 1. The van der Waals surface area contributed by atoms with E-state index in [9.17, 15) is 9.18 Å². The van der Waals surface area contributed by atoms with Gasteiger partial charge in [-0.25, -0.2) is 9.18 Å². The molecule has 2 aromatic carbocycles. The van der Waals surface area contributed by atoms with Crippen LogP contribution in [0.25, 0.3) is 5.69 Å². The molecule has 24 heavy (non-hydrogen) atoms. The molecule has 0 atom stereocenters. The van der Waals surface area contributed by atoms with E-state index in [4.69, 9.17) is 11.6 Å². The summed E-state index contributed by atoms with van der Waals surface area (Å²) in [4.78, 5) is 11.9. The molecule has 2 N–H and O–H groups in total. The van der Waals surface area contributed by atoms with Gasteiger partial charge in [0, 0.05) is 10.7 Å². The van der Waals surface area contributed by atoms with Gasteiger partial charge in [0.25, 0.3) is 0 Å². The molecule has 0 bridgehead atoms. The van der Waals surface area contributed by atoms with Gasteiger partial charge in [-0.1, -0.05) is 29.8 Å². The number of anilines is 1. The molecule has 122 valence electrons. The number of amides is 2. The normalized spacial score (nSPS) is 10.4. The van der Waals surface area contributed by atoms with Crippen molar-refractivity contribution in [1.82, 2.24) is 20.1 Å². The third-order valence-corrected chi connectivity index (χ3v) is 3.47. The van der Waals surface area contributed by atoms with Crippen molar-refractivity contribution in [3.05, 3.63) is 71.5 Å². The molecule has 0 unspecified atom stereocenters. The lowest BCUT2D eigenvalue weighted by Crippen LogP contribution is -2.29. The first-order chi connectivity index (χ1) is 11.6. The van der Waals surface area contributed by atoms with Gasteiger partial charge in [0.05, 0.1) is 12.2 Å². The SMILES string of the molecule is O=C(NCc1nncn1-c1ccccc1)Nc1ccc(Cl)cc1F. The molecule has 0 fully saturated rings. The molecule has 8 heteroatoms. The molecular formula is C16H13ClFN5O. The maximum absolute atomic E-state index is 13.7. The highest BCUT2D eigenvalue weighted by Crippen LogP contribution is 2.18. The largest absolute Gasteiger partial charge is 0.331 e. The summed E-state index contributed by atoms with van der Waals surface area (Å²) < 4.78 is 15.4. The third kappa shape index (κ3) is 3.69. The Morgan fingerprint density at radius 2 is 2.00 bits per heavy atom. The number of carbonyl (C=O) groups excluding carboxylic acids is 1. The van der Waals surface area contributed by atoms with E-state index in [0.717, 1.165) is 11.8 Å². The van der Waals surface area contributed by atoms with Crippen molar-refractivity contribution >= 4 is 23.3 Å². The number of aromatic nitrogens is 3. The van der Waals surface area contributed by atoms with E-state index in [1.165, 1.54) is 12.1 Å². The van der Waals surface area contributed by atoms with Gasteiger partial charge in [0.15, 0.2) is 5.82 Å². The molecule has 0 spiro atoms. The van der Waals surface area contributed by atoms with Crippen LogP contribution in [0.5, 0.6) is 0 Å². The predicted molar refractivity (Wildman–Crippen MR) is 88.6 cm³/mol. The van der Waals surface area contributed by atoms with Gasteiger partial charge in [0.2, 0.25) is 0 Å². The van der Waals surface area contributed by atoms with E-state index in [1.807, 2.05) is 30.3 Å². The lowest BCUT2D eigenvalue weighted by Gasteiger charge is -2.09. The first-order valence-electron chi connectivity index (χ1n) is 7.08. The average Bonchev–Trinajstić information content (AvgIpc) is 3.05. The zero-order chi connectivity index (χ0) is 16.9. The fourth-order valence-corrected chi connectivity index (χ4v) is 2.26. The number of hydrogen-bond acceptors (Lipinski definition) is 3. The van der Waals surface area contributed by atoms with Crippen LogP contribution < -0.4 is 10.6 Å². The standard InChI is InChI=1S/C16H13ClFN5O/c17-11-6-7-14(13(18)8-11)21-16(24)19-9-15-22-20-10-23(15)12-4-2-1-3-5-12/h1-8,10H,9H2,(H2,19,21,24). The Hall–Kier alpha value is -2.93. The number of hydrogen-bond donors (Lipinski definition) is 2. The van der Waals surface area contributed by atoms with Crippen molar-refractivity contribution in [3.8, 4) is 5.69 Å². The van der Waals surface area contributed by atoms with E-state index in [0.29, 0.717) is 5.82 Å². The Labute approximate surface area is 142 Å². The Balaban J connectivity index is 1.64. The van der Waals surface area contributed by atoms with Crippen molar-refractivity contribution in [3.63, 3.8) is 0 Å². The summed E-state index contributed by atoms with van der Waals surface area (Å²) in [7, 11) is 0. The van der Waals surface area contributed by atoms with E-state index in [1.54, 1.807) is 10.9 Å². The van der Waals surface area contributed by atoms with Crippen LogP contribution in [0.15, 0.2) is 54.9 Å². The molecule has 3 rings (SSSR count). The summed E-state index contributed by atoms with van der Waals surface area (Å²) in [6, 6.07) is 12.9. The Kier molecular flexibility index (Phi) is 4.72.